The molecule has 2 fully saturated rings. The van der Waals surface area contributed by atoms with Crippen molar-refractivity contribution >= 4 is 27.2 Å². The van der Waals surface area contributed by atoms with Crippen molar-refractivity contribution in [3.8, 4) is 5.75 Å². The number of fused-ring (bicyclic) bond motifs is 1. The molecular weight excluding hydrogens is 352 g/mol. The van der Waals surface area contributed by atoms with Gasteiger partial charge in [-0.05, 0) is 48.9 Å². The lowest BCUT2D eigenvalue weighted by atomic mass is 10.1. The van der Waals surface area contributed by atoms with Crippen LogP contribution in [0.4, 0.5) is 16.2 Å². The van der Waals surface area contributed by atoms with Gasteiger partial charge in [0.2, 0.25) is 0 Å². The number of anilines is 2. The van der Waals surface area contributed by atoms with Crippen LogP contribution in [0.2, 0.25) is 0 Å². The number of benzene rings is 2. The molecule has 2 amide bonds. The Labute approximate surface area is 152 Å². The summed E-state index contributed by atoms with van der Waals surface area (Å²) in [6, 6.07) is 13.8. The second-order valence-corrected chi connectivity index (χ2v) is 8.93. The van der Waals surface area contributed by atoms with Crippen LogP contribution in [0.5, 0.6) is 5.75 Å². The average Bonchev–Trinajstić information content (AvgIpc) is 3.03. The number of nitrogens with zero attached hydrogens (tertiary/aromatic N) is 2. The molecule has 2 atom stereocenters. The number of amides is 2. The smallest absolute Gasteiger partial charge is 0.329 e. The molecule has 2 aliphatic heterocycles. The minimum absolute atomic E-state index is 0.00992. The van der Waals surface area contributed by atoms with Gasteiger partial charge in [-0.3, -0.25) is 9.80 Å². The van der Waals surface area contributed by atoms with Gasteiger partial charge in [0.15, 0.2) is 9.84 Å². The van der Waals surface area contributed by atoms with Gasteiger partial charge in [-0.1, -0.05) is 12.1 Å². The number of carbonyl (C=O) groups excluding carboxylic acids is 1. The highest BCUT2D eigenvalue weighted by Crippen LogP contribution is 2.38. The summed E-state index contributed by atoms with van der Waals surface area (Å²) in [7, 11) is -1.62. The quantitative estimate of drug-likeness (QED) is 0.777. The van der Waals surface area contributed by atoms with Crippen LogP contribution in [0.3, 0.4) is 0 Å². The highest BCUT2D eigenvalue weighted by Gasteiger charge is 2.54. The van der Waals surface area contributed by atoms with Gasteiger partial charge in [0.25, 0.3) is 0 Å². The molecule has 4 rings (SSSR count). The second kappa shape index (κ2) is 6.02. The van der Waals surface area contributed by atoms with Crippen LogP contribution >= 0.6 is 0 Å². The van der Waals surface area contributed by atoms with Gasteiger partial charge < -0.3 is 4.74 Å². The van der Waals surface area contributed by atoms with E-state index in [1.807, 2.05) is 31.2 Å². The molecule has 2 aromatic carbocycles. The third-order valence-electron chi connectivity index (χ3n) is 5.00. The summed E-state index contributed by atoms with van der Waals surface area (Å²) >= 11 is 0. The number of rotatable bonds is 3. The van der Waals surface area contributed by atoms with Crippen molar-refractivity contribution in [2.75, 3.05) is 28.4 Å². The molecule has 0 aromatic heterocycles. The van der Waals surface area contributed by atoms with Gasteiger partial charge in [-0.2, -0.15) is 0 Å². The molecule has 6 nitrogen and oxygen atoms in total. The summed E-state index contributed by atoms with van der Waals surface area (Å²) in [4.78, 5) is 16.5. The first-order chi connectivity index (χ1) is 12.4. The second-order valence-electron chi connectivity index (χ2n) is 6.77. The number of urea groups is 1. The van der Waals surface area contributed by atoms with Crippen molar-refractivity contribution in [2.24, 2.45) is 0 Å². The fourth-order valence-electron chi connectivity index (χ4n) is 3.83. The summed E-state index contributed by atoms with van der Waals surface area (Å²) in [5.41, 5.74) is 2.44. The Morgan fingerprint density at radius 3 is 2.15 bits per heavy atom. The van der Waals surface area contributed by atoms with Crippen LogP contribution in [0.1, 0.15) is 5.56 Å². The van der Waals surface area contributed by atoms with Gasteiger partial charge in [0.1, 0.15) is 5.75 Å². The number of methoxy groups -OCH3 is 1. The Hall–Kier alpha value is -2.54. The number of hydrogen-bond acceptors (Lipinski definition) is 4. The molecule has 0 unspecified atom stereocenters. The summed E-state index contributed by atoms with van der Waals surface area (Å²) in [5, 5.41) is 0. The van der Waals surface area contributed by atoms with E-state index in [4.69, 9.17) is 4.74 Å². The van der Waals surface area contributed by atoms with E-state index >= 15 is 0 Å². The van der Waals surface area contributed by atoms with E-state index in [-0.39, 0.29) is 29.6 Å². The Kier molecular flexibility index (Phi) is 3.91. The first-order valence-corrected chi connectivity index (χ1v) is 10.3. The zero-order valence-corrected chi connectivity index (χ0v) is 15.4. The minimum atomic E-state index is -3.19. The maximum atomic E-state index is 13.2. The maximum absolute atomic E-state index is 13.2. The number of hydrogen-bond donors (Lipinski definition) is 0. The fourth-order valence-corrected chi connectivity index (χ4v) is 5.75. The van der Waals surface area contributed by atoms with Crippen molar-refractivity contribution in [1.29, 1.82) is 0 Å². The van der Waals surface area contributed by atoms with Gasteiger partial charge in [-0.15, -0.1) is 0 Å². The van der Waals surface area contributed by atoms with Crippen molar-refractivity contribution in [3.05, 3.63) is 54.1 Å². The minimum Gasteiger partial charge on any atom is -0.497 e. The highest BCUT2D eigenvalue weighted by molar-refractivity contribution is 7.91. The number of sulfone groups is 1. The fraction of sp³-hybridized carbons (Fsp3) is 0.316. The van der Waals surface area contributed by atoms with E-state index < -0.39 is 9.84 Å². The van der Waals surface area contributed by atoms with Crippen LogP contribution < -0.4 is 14.5 Å². The summed E-state index contributed by atoms with van der Waals surface area (Å²) < 4.78 is 29.7. The molecule has 0 N–H and O–H groups in total. The van der Waals surface area contributed by atoms with Gasteiger partial charge in [0, 0.05) is 11.4 Å². The number of carbonyl (C=O) groups is 1. The largest absolute Gasteiger partial charge is 0.497 e. The van der Waals surface area contributed by atoms with E-state index in [0.717, 1.165) is 11.3 Å². The van der Waals surface area contributed by atoms with Crippen molar-refractivity contribution in [3.63, 3.8) is 0 Å². The van der Waals surface area contributed by atoms with Crippen molar-refractivity contribution < 1.29 is 17.9 Å². The molecule has 2 aromatic rings. The summed E-state index contributed by atoms with van der Waals surface area (Å²) in [6.45, 7) is 1.95. The Balaban J connectivity index is 1.78. The maximum Gasteiger partial charge on any atom is 0.329 e. The number of ether oxygens (including phenoxy) is 1. The topological polar surface area (TPSA) is 66.9 Å². The lowest BCUT2D eigenvalue weighted by Crippen LogP contribution is -2.37. The molecule has 2 saturated heterocycles. The average molecular weight is 372 g/mol. The SMILES string of the molecule is COc1ccc(N2C(=O)N(c3cccc(C)c3)[C@H]3CS(=O)(=O)C[C@@H]32)cc1. The van der Waals surface area contributed by atoms with Crippen molar-refractivity contribution in [2.45, 2.75) is 19.0 Å². The number of aryl methyl sites for hydroxylation is 1. The predicted molar refractivity (Wildman–Crippen MR) is 101 cm³/mol. The molecule has 7 heteroatoms. The summed E-state index contributed by atoms with van der Waals surface area (Å²) in [6.07, 6.45) is 0. The summed E-state index contributed by atoms with van der Waals surface area (Å²) in [5.74, 6) is 0.661. The van der Waals surface area contributed by atoms with Gasteiger partial charge in [-0.25, -0.2) is 13.2 Å². The lowest BCUT2D eigenvalue weighted by molar-refractivity contribution is 0.255. The third-order valence-corrected chi connectivity index (χ3v) is 6.70. The normalized spacial score (nSPS) is 24.0. The third kappa shape index (κ3) is 2.72. The Morgan fingerprint density at radius 2 is 1.58 bits per heavy atom. The zero-order chi connectivity index (χ0) is 18.5. The molecule has 0 bridgehead atoms. The molecule has 0 radical (unpaired) electrons. The standard InChI is InChI=1S/C19H20N2O4S/c1-13-4-3-5-15(10-13)21-18-12-26(23,24)11-17(18)20(19(21)22)14-6-8-16(25-2)9-7-14/h3-10,17-18H,11-12H2,1-2H3/t17-,18-/m0/s1. The molecule has 2 heterocycles. The van der Waals surface area contributed by atoms with Gasteiger partial charge >= 0.3 is 6.03 Å². The zero-order valence-electron chi connectivity index (χ0n) is 14.6. The van der Waals surface area contributed by atoms with Crippen LogP contribution in [-0.4, -0.2) is 45.1 Å². The highest BCUT2D eigenvalue weighted by atomic mass is 32.2. The van der Waals surface area contributed by atoms with Crippen LogP contribution in [0.25, 0.3) is 0 Å². The van der Waals surface area contributed by atoms with Crippen molar-refractivity contribution in [1.82, 2.24) is 0 Å². The van der Waals surface area contributed by atoms with Crippen LogP contribution in [0.15, 0.2) is 48.5 Å². The molecule has 26 heavy (non-hydrogen) atoms. The van der Waals surface area contributed by atoms with Crippen LogP contribution in [0, 0.1) is 6.92 Å². The first kappa shape index (κ1) is 16.9. The predicted octanol–water partition coefficient (Wildman–Crippen LogP) is 2.62. The van der Waals surface area contributed by atoms with Gasteiger partial charge in [0.05, 0.1) is 30.7 Å². The first-order valence-electron chi connectivity index (χ1n) is 8.43. The molecular formula is C19H20N2O4S. The Bertz CT molecular complexity index is 956. The molecule has 136 valence electrons. The molecule has 0 saturated carbocycles. The monoisotopic (exact) mass is 372 g/mol. The lowest BCUT2D eigenvalue weighted by Gasteiger charge is -2.23. The van der Waals surface area contributed by atoms with E-state index in [2.05, 4.69) is 0 Å². The molecule has 0 aliphatic carbocycles. The van der Waals surface area contributed by atoms with Crippen LogP contribution in [-0.2, 0) is 9.84 Å². The van der Waals surface area contributed by atoms with E-state index in [9.17, 15) is 13.2 Å². The molecule has 2 aliphatic rings. The molecule has 0 spiro atoms. The van der Waals surface area contributed by atoms with E-state index in [1.165, 1.54) is 0 Å². The van der Waals surface area contributed by atoms with E-state index in [1.54, 1.807) is 41.2 Å². The Morgan fingerprint density at radius 1 is 0.962 bits per heavy atom. The van der Waals surface area contributed by atoms with E-state index in [0.29, 0.717) is 11.4 Å².